The fraction of sp³-hybridized carbons (Fsp3) is 0.235. The monoisotopic (exact) mass is 326 g/mol. The third-order valence-corrected chi connectivity index (χ3v) is 4.31. The predicted molar refractivity (Wildman–Crippen MR) is 91.8 cm³/mol. The number of nitrogens with zero attached hydrogens (tertiary/aromatic N) is 3. The lowest BCUT2D eigenvalue weighted by atomic mass is 10.2. The molecule has 2 heterocycles. The molecule has 0 saturated heterocycles. The zero-order valence-electron chi connectivity index (χ0n) is 12.9. The van der Waals surface area contributed by atoms with E-state index >= 15 is 0 Å². The molecule has 0 aliphatic rings. The van der Waals surface area contributed by atoms with Gasteiger partial charge in [-0.1, -0.05) is 48.6 Å². The van der Waals surface area contributed by atoms with Gasteiger partial charge in [0.15, 0.2) is 0 Å². The van der Waals surface area contributed by atoms with E-state index in [2.05, 4.69) is 22.4 Å². The fourth-order valence-electron chi connectivity index (χ4n) is 2.32. The molecule has 0 aliphatic heterocycles. The van der Waals surface area contributed by atoms with Crippen LogP contribution in [-0.4, -0.2) is 20.7 Å². The molecule has 0 bridgehead atoms. The summed E-state index contributed by atoms with van der Waals surface area (Å²) in [6.45, 7) is 2.75. The molecule has 0 saturated carbocycles. The minimum atomic E-state index is -0.162. The van der Waals surface area contributed by atoms with E-state index in [0.29, 0.717) is 17.4 Å². The van der Waals surface area contributed by atoms with Crippen molar-refractivity contribution < 1.29 is 4.79 Å². The zero-order valence-corrected chi connectivity index (χ0v) is 13.7. The summed E-state index contributed by atoms with van der Waals surface area (Å²) in [5, 5.41) is 12.4. The lowest BCUT2D eigenvalue weighted by Crippen LogP contribution is -2.17. The number of hydrogen-bond donors (Lipinski definition) is 1. The number of carbonyl (C=O) groups is 1. The Labute approximate surface area is 139 Å². The molecule has 118 valence electrons. The van der Waals surface area contributed by atoms with E-state index in [9.17, 15) is 4.79 Å². The first-order chi connectivity index (χ1) is 11.3. The van der Waals surface area contributed by atoms with Gasteiger partial charge in [0, 0.05) is 19.2 Å². The highest BCUT2D eigenvalue weighted by Crippen LogP contribution is 2.18. The molecule has 5 nitrogen and oxygen atoms in total. The van der Waals surface area contributed by atoms with Crippen LogP contribution in [0.2, 0.25) is 0 Å². The van der Waals surface area contributed by atoms with Gasteiger partial charge in [0.1, 0.15) is 10.7 Å². The van der Waals surface area contributed by atoms with Crippen LogP contribution in [0, 0.1) is 0 Å². The number of hydrogen-bond acceptors (Lipinski definition) is 4. The van der Waals surface area contributed by atoms with Crippen molar-refractivity contribution in [1.29, 1.82) is 0 Å². The van der Waals surface area contributed by atoms with Gasteiger partial charge in [0.2, 0.25) is 5.13 Å². The van der Waals surface area contributed by atoms with Crippen molar-refractivity contribution in [2.24, 2.45) is 0 Å². The lowest BCUT2D eigenvalue weighted by Gasteiger charge is -2.08. The van der Waals surface area contributed by atoms with Crippen molar-refractivity contribution in [3.8, 4) is 0 Å². The molecule has 2 aromatic heterocycles. The molecular formula is C17H18N4OS. The molecule has 0 atom stereocenters. The zero-order chi connectivity index (χ0) is 16.1. The molecule has 1 amide bonds. The van der Waals surface area contributed by atoms with Gasteiger partial charge < -0.3 is 4.57 Å². The molecule has 0 spiro atoms. The number of amides is 1. The van der Waals surface area contributed by atoms with Gasteiger partial charge in [-0.2, -0.15) is 0 Å². The van der Waals surface area contributed by atoms with Crippen molar-refractivity contribution in [3.63, 3.8) is 0 Å². The second-order valence-corrected chi connectivity index (χ2v) is 6.27. The molecular weight excluding hydrogens is 308 g/mol. The van der Waals surface area contributed by atoms with Crippen LogP contribution < -0.4 is 5.32 Å². The van der Waals surface area contributed by atoms with E-state index in [4.69, 9.17) is 0 Å². The maximum atomic E-state index is 12.5. The van der Waals surface area contributed by atoms with Crippen molar-refractivity contribution in [2.75, 3.05) is 5.32 Å². The van der Waals surface area contributed by atoms with Crippen LogP contribution in [0.15, 0.2) is 48.7 Å². The lowest BCUT2D eigenvalue weighted by molar-refractivity contribution is 0.101. The van der Waals surface area contributed by atoms with Crippen molar-refractivity contribution >= 4 is 22.4 Å². The van der Waals surface area contributed by atoms with Crippen LogP contribution in [0.25, 0.3) is 0 Å². The number of benzene rings is 1. The van der Waals surface area contributed by atoms with Crippen molar-refractivity contribution in [3.05, 3.63) is 64.9 Å². The number of nitrogens with one attached hydrogen (secondary N) is 1. The Balaban J connectivity index is 1.71. The highest BCUT2D eigenvalue weighted by Gasteiger charge is 2.13. The van der Waals surface area contributed by atoms with E-state index in [-0.39, 0.29) is 5.91 Å². The summed E-state index contributed by atoms with van der Waals surface area (Å²) in [5.74, 6) is -0.162. The van der Waals surface area contributed by atoms with E-state index in [1.54, 1.807) is 0 Å². The number of rotatable bonds is 6. The third-order valence-electron chi connectivity index (χ3n) is 3.41. The molecule has 6 heteroatoms. The summed E-state index contributed by atoms with van der Waals surface area (Å²) in [6.07, 6.45) is 3.81. The Morgan fingerprint density at radius 3 is 2.78 bits per heavy atom. The first-order valence-corrected chi connectivity index (χ1v) is 8.40. The molecule has 1 N–H and O–H groups in total. The van der Waals surface area contributed by atoms with Gasteiger partial charge in [0.05, 0.1) is 0 Å². The van der Waals surface area contributed by atoms with Gasteiger partial charge in [-0.05, 0) is 24.1 Å². The molecule has 0 unspecified atom stereocenters. The predicted octanol–water partition coefficient (Wildman–Crippen LogP) is 3.59. The number of anilines is 1. The molecule has 3 aromatic rings. The summed E-state index contributed by atoms with van der Waals surface area (Å²) >= 11 is 1.43. The minimum Gasteiger partial charge on any atom is -0.339 e. The summed E-state index contributed by atoms with van der Waals surface area (Å²) < 4.78 is 1.93. The van der Waals surface area contributed by atoms with Crippen LogP contribution >= 0.6 is 11.3 Å². The number of carbonyl (C=O) groups excluding carboxylic acids is 1. The molecule has 1 aromatic carbocycles. The molecule has 23 heavy (non-hydrogen) atoms. The van der Waals surface area contributed by atoms with Gasteiger partial charge in [-0.3, -0.25) is 10.1 Å². The number of aryl methyl sites for hydroxylation is 1. The van der Waals surface area contributed by atoms with E-state index in [1.807, 2.05) is 53.2 Å². The van der Waals surface area contributed by atoms with Crippen LogP contribution in [-0.2, 0) is 13.0 Å². The third kappa shape index (κ3) is 3.84. The summed E-state index contributed by atoms with van der Waals surface area (Å²) in [5.41, 5.74) is 1.76. The van der Waals surface area contributed by atoms with Gasteiger partial charge in [-0.15, -0.1) is 10.2 Å². The first-order valence-electron chi connectivity index (χ1n) is 7.59. The first kappa shape index (κ1) is 15.4. The van der Waals surface area contributed by atoms with Gasteiger partial charge in [0.25, 0.3) is 5.91 Å². The fourth-order valence-corrected chi connectivity index (χ4v) is 3.15. The molecule has 0 fully saturated rings. The maximum Gasteiger partial charge on any atom is 0.274 e. The highest BCUT2D eigenvalue weighted by molar-refractivity contribution is 7.15. The Morgan fingerprint density at radius 2 is 2.00 bits per heavy atom. The van der Waals surface area contributed by atoms with Gasteiger partial charge in [-0.25, -0.2) is 0 Å². The van der Waals surface area contributed by atoms with E-state index in [1.165, 1.54) is 11.3 Å². The number of aromatic nitrogens is 3. The Hall–Kier alpha value is -2.47. The Morgan fingerprint density at radius 1 is 1.17 bits per heavy atom. The van der Waals surface area contributed by atoms with E-state index < -0.39 is 0 Å². The Kier molecular flexibility index (Phi) is 4.83. The van der Waals surface area contributed by atoms with Gasteiger partial charge >= 0.3 is 0 Å². The summed E-state index contributed by atoms with van der Waals surface area (Å²) in [4.78, 5) is 12.5. The molecule has 0 radical (unpaired) electrons. The van der Waals surface area contributed by atoms with Crippen molar-refractivity contribution in [1.82, 2.24) is 14.8 Å². The average Bonchev–Trinajstić information content (AvgIpc) is 3.18. The summed E-state index contributed by atoms with van der Waals surface area (Å²) in [6, 6.07) is 13.7. The summed E-state index contributed by atoms with van der Waals surface area (Å²) in [7, 11) is 0. The normalized spacial score (nSPS) is 10.7. The minimum absolute atomic E-state index is 0.162. The van der Waals surface area contributed by atoms with Crippen LogP contribution in [0.3, 0.4) is 0 Å². The second-order valence-electron chi connectivity index (χ2n) is 5.21. The quantitative estimate of drug-likeness (QED) is 0.753. The second kappa shape index (κ2) is 7.19. The SMILES string of the molecule is CCCc1nnc(NC(=O)c2cccn2Cc2ccccc2)s1. The van der Waals surface area contributed by atoms with Crippen LogP contribution in [0.5, 0.6) is 0 Å². The maximum absolute atomic E-state index is 12.5. The van der Waals surface area contributed by atoms with Crippen molar-refractivity contribution in [2.45, 2.75) is 26.3 Å². The smallest absolute Gasteiger partial charge is 0.274 e. The van der Waals surface area contributed by atoms with Crippen LogP contribution in [0.1, 0.15) is 34.4 Å². The van der Waals surface area contributed by atoms with Crippen LogP contribution in [0.4, 0.5) is 5.13 Å². The average molecular weight is 326 g/mol. The standard InChI is InChI=1S/C17H18N4OS/c1-2-7-15-19-20-17(23-15)18-16(22)14-10-6-11-21(14)12-13-8-4-3-5-9-13/h3-6,8-11H,2,7,12H2,1H3,(H,18,20,22). The highest BCUT2D eigenvalue weighted by atomic mass is 32.1. The Bertz CT molecular complexity index is 779. The molecule has 3 rings (SSSR count). The largest absolute Gasteiger partial charge is 0.339 e. The van der Waals surface area contributed by atoms with E-state index in [0.717, 1.165) is 23.4 Å². The topological polar surface area (TPSA) is 59.8 Å². The molecule has 0 aliphatic carbocycles.